The zero-order valence-corrected chi connectivity index (χ0v) is 23.4. The molecule has 3 aromatic rings. The number of nitrogens with one attached hydrogen (secondary N) is 2. The van der Waals surface area contributed by atoms with Gasteiger partial charge >= 0.3 is 0 Å². The number of methoxy groups -OCH3 is 1. The Labute approximate surface area is 241 Å². The molecular weight excluding hydrogens is 553 g/mol. The largest absolute Gasteiger partial charge is 0.497 e. The molecule has 2 aromatic carbocycles. The number of hydrogen-bond acceptors (Lipinski definition) is 8. The van der Waals surface area contributed by atoms with E-state index in [0.29, 0.717) is 52.3 Å². The van der Waals surface area contributed by atoms with Gasteiger partial charge in [-0.15, -0.1) is 0 Å². The van der Waals surface area contributed by atoms with E-state index < -0.39 is 36.3 Å². The van der Waals surface area contributed by atoms with Crippen LogP contribution < -0.4 is 15.4 Å². The fourth-order valence-electron chi connectivity index (χ4n) is 5.08. The number of hydrogen-bond donors (Lipinski definition) is 3. The molecule has 2 amide bonds. The summed E-state index contributed by atoms with van der Waals surface area (Å²) in [6, 6.07) is 7.80. The third kappa shape index (κ3) is 6.12. The highest BCUT2D eigenvalue weighted by Crippen LogP contribution is 2.33. The molecule has 1 aromatic heterocycles. The summed E-state index contributed by atoms with van der Waals surface area (Å²) in [6.45, 7) is 2.48. The van der Waals surface area contributed by atoms with Gasteiger partial charge in [0.25, 0.3) is 5.91 Å². The molecule has 0 bridgehead atoms. The van der Waals surface area contributed by atoms with Crippen molar-refractivity contribution in [2.75, 3.05) is 32.2 Å². The topological polar surface area (TPSA) is 126 Å². The minimum Gasteiger partial charge on any atom is -0.497 e. The van der Waals surface area contributed by atoms with Crippen LogP contribution in [0.1, 0.15) is 47.3 Å². The smallest absolute Gasteiger partial charge is 0.255 e. The number of benzene rings is 2. The molecule has 5 rings (SSSR count). The molecule has 3 heterocycles. The van der Waals surface area contributed by atoms with Crippen LogP contribution in [0, 0.1) is 5.82 Å². The van der Waals surface area contributed by atoms with E-state index >= 15 is 0 Å². The molecule has 41 heavy (non-hydrogen) atoms. The van der Waals surface area contributed by atoms with Crippen LogP contribution >= 0.6 is 11.6 Å². The van der Waals surface area contributed by atoms with Gasteiger partial charge in [-0.3, -0.25) is 9.59 Å². The Morgan fingerprint density at radius 2 is 2.05 bits per heavy atom. The molecule has 2 aliphatic rings. The second-order valence-corrected chi connectivity index (χ2v) is 10.4. The van der Waals surface area contributed by atoms with Crippen molar-refractivity contribution >= 4 is 29.4 Å². The summed E-state index contributed by atoms with van der Waals surface area (Å²) in [7, 11) is 1.46. The molecule has 2 aliphatic heterocycles. The maximum atomic E-state index is 14.4. The van der Waals surface area contributed by atoms with Crippen LogP contribution in [0.15, 0.2) is 42.6 Å². The molecule has 10 nitrogen and oxygen atoms in total. The Morgan fingerprint density at radius 1 is 1.27 bits per heavy atom. The Balaban J connectivity index is 1.32. The molecule has 12 heteroatoms. The minimum absolute atomic E-state index is 0.128. The lowest BCUT2D eigenvalue weighted by atomic mass is 10.0. The summed E-state index contributed by atoms with van der Waals surface area (Å²) in [5.41, 5.74) is 2.39. The lowest BCUT2D eigenvalue weighted by Gasteiger charge is -2.27. The van der Waals surface area contributed by atoms with Gasteiger partial charge < -0.3 is 30.1 Å². The summed E-state index contributed by atoms with van der Waals surface area (Å²) in [5.74, 6) is -0.653. The number of carbonyl (C=O) groups is 2. The molecule has 0 radical (unpaired) electrons. The van der Waals surface area contributed by atoms with Gasteiger partial charge in [-0.2, -0.15) is 0 Å². The van der Waals surface area contributed by atoms with Crippen LogP contribution in [0.4, 0.5) is 10.3 Å². The molecule has 0 unspecified atom stereocenters. The Bertz CT molecular complexity index is 1450. The summed E-state index contributed by atoms with van der Waals surface area (Å²) in [5, 5.41) is 16.5. The number of rotatable bonds is 9. The lowest BCUT2D eigenvalue weighted by molar-refractivity contribution is -0.127. The molecule has 216 valence electrons. The number of aliphatic hydroxyl groups is 1. The molecular formula is C29H31ClFN5O5. The zero-order chi connectivity index (χ0) is 29.1. The van der Waals surface area contributed by atoms with Crippen molar-refractivity contribution in [2.45, 2.75) is 44.4 Å². The fourth-order valence-corrected chi connectivity index (χ4v) is 5.28. The van der Waals surface area contributed by atoms with E-state index in [2.05, 4.69) is 20.6 Å². The molecule has 3 N–H and O–H groups in total. The van der Waals surface area contributed by atoms with E-state index in [4.69, 9.17) is 21.1 Å². The molecule has 0 saturated carbocycles. The number of halogens is 2. The van der Waals surface area contributed by atoms with Gasteiger partial charge in [0, 0.05) is 42.5 Å². The van der Waals surface area contributed by atoms with Crippen LogP contribution in [0.25, 0.3) is 11.3 Å². The highest BCUT2D eigenvalue weighted by Gasteiger charge is 2.37. The third-order valence-electron chi connectivity index (χ3n) is 7.39. The maximum absolute atomic E-state index is 14.4. The quantitative estimate of drug-likeness (QED) is 0.348. The summed E-state index contributed by atoms with van der Waals surface area (Å²) >= 11 is 6.44. The van der Waals surface area contributed by atoms with E-state index in [1.165, 1.54) is 36.4 Å². The average molecular weight is 584 g/mol. The van der Waals surface area contributed by atoms with Crippen LogP contribution in [0.2, 0.25) is 5.02 Å². The first-order chi connectivity index (χ1) is 19.8. The molecule has 1 saturated heterocycles. The van der Waals surface area contributed by atoms with Gasteiger partial charge in [-0.25, -0.2) is 14.4 Å². The predicted molar refractivity (Wildman–Crippen MR) is 150 cm³/mol. The van der Waals surface area contributed by atoms with E-state index in [1.54, 1.807) is 19.1 Å². The molecule has 0 aliphatic carbocycles. The van der Waals surface area contributed by atoms with E-state index in [0.717, 1.165) is 12.8 Å². The monoisotopic (exact) mass is 583 g/mol. The molecule has 1 fully saturated rings. The first-order valence-electron chi connectivity index (χ1n) is 13.3. The van der Waals surface area contributed by atoms with Crippen LogP contribution in [-0.2, 0) is 16.1 Å². The number of amides is 2. The van der Waals surface area contributed by atoms with Crippen molar-refractivity contribution in [1.29, 1.82) is 0 Å². The Kier molecular flexibility index (Phi) is 8.67. The highest BCUT2D eigenvalue weighted by molar-refractivity contribution is 6.33. The van der Waals surface area contributed by atoms with Crippen molar-refractivity contribution in [2.24, 2.45) is 0 Å². The number of nitrogens with zero attached hydrogens (tertiary/aromatic N) is 3. The van der Waals surface area contributed by atoms with Crippen molar-refractivity contribution in [3.05, 3.63) is 70.1 Å². The van der Waals surface area contributed by atoms with E-state index in [-0.39, 0.29) is 18.2 Å². The van der Waals surface area contributed by atoms with Crippen LogP contribution in [-0.4, -0.2) is 70.8 Å². The van der Waals surface area contributed by atoms with Gasteiger partial charge in [-0.1, -0.05) is 23.7 Å². The minimum atomic E-state index is -1.17. The third-order valence-corrected chi connectivity index (χ3v) is 7.67. The Hall–Kier alpha value is -3.80. The predicted octanol–water partition coefficient (Wildman–Crippen LogP) is 3.73. The summed E-state index contributed by atoms with van der Waals surface area (Å²) in [6.07, 6.45) is 3.21. The van der Waals surface area contributed by atoms with Crippen molar-refractivity contribution in [3.63, 3.8) is 0 Å². The van der Waals surface area contributed by atoms with Crippen molar-refractivity contribution < 1.29 is 28.6 Å². The maximum Gasteiger partial charge on any atom is 0.255 e. The number of ether oxygens (including phenoxy) is 2. The SMILES string of the molecule is COc1ccc(F)c([C@@H](C)NC(=O)[C@@H](CO)N2Cc3ccc(-c4nc(NC5CCOCC5)ncc4Cl)cc3C2=O)c1. The second-order valence-electron chi connectivity index (χ2n) is 10.0. The van der Waals surface area contributed by atoms with Crippen LogP contribution in [0.5, 0.6) is 5.75 Å². The summed E-state index contributed by atoms with van der Waals surface area (Å²) in [4.78, 5) is 36.8. The number of anilines is 1. The standard InChI is InChI=1S/C29H31ClFN5O5/c1-16(21-12-20(40-2)5-6-24(21)31)33-27(38)25(15-37)36-14-18-4-3-17(11-22(18)28(36)39)26-23(30)13-32-29(35-26)34-19-7-9-41-10-8-19/h3-6,11-13,16,19,25,37H,7-10,14-15H2,1-2H3,(H,33,38)(H,32,34,35)/t16-,25-/m1/s1. The van der Waals surface area contributed by atoms with Gasteiger partial charge in [0.15, 0.2) is 0 Å². The highest BCUT2D eigenvalue weighted by atomic mass is 35.5. The number of carbonyl (C=O) groups excluding carboxylic acids is 2. The number of fused-ring (bicyclic) bond motifs is 1. The van der Waals surface area contributed by atoms with Crippen molar-refractivity contribution in [3.8, 4) is 17.0 Å². The Morgan fingerprint density at radius 3 is 2.78 bits per heavy atom. The van der Waals surface area contributed by atoms with Crippen molar-refractivity contribution in [1.82, 2.24) is 20.2 Å². The number of aromatic nitrogens is 2. The summed E-state index contributed by atoms with van der Waals surface area (Å²) < 4.78 is 25.0. The average Bonchev–Trinajstić information content (AvgIpc) is 3.30. The molecule has 2 atom stereocenters. The lowest BCUT2D eigenvalue weighted by Crippen LogP contribution is -2.49. The van der Waals surface area contributed by atoms with E-state index in [1.807, 2.05) is 6.07 Å². The fraction of sp³-hybridized carbons (Fsp3) is 0.379. The van der Waals surface area contributed by atoms with Gasteiger partial charge in [0.2, 0.25) is 11.9 Å². The first kappa shape index (κ1) is 28.7. The second kappa shape index (κ2) is 12.4. The van der Waals surface area contributed by atoms with E-state index in [9.17, 15) is 19.1 Å². The normalized spacial score (nSPS) is 16.7. The van der Waals surface area contributed by atoms with Crippen LogP contribution in [0.3, 0.4) is 0 Å². The van der Waals surface area contributed by atoms with Gasteiger partial charge in [-0.05, 0) is 49.6 Å². The zero-order valence-electron chi connectivity index (χ0n) is 22.7. The first-order valence-corrected chi connectivity index (χ1v) is 13.7. The molecule has 0 spiro atoms. The number of aliphatic hydroxyl groups excluding tert-OH is 1. The van der Waals surface area contributed by atoms with Gasteiger partial charge in [0.1, 0.15) is 17.6 Å². The van der Waals surface area contributed by atoms with Gasteiger partial charge in [0.05, 0.1) is 36.7 Å².